The van der Waals surface area contributed by atoms with Crippen LogP contribution in [0.15, 0.2) is 22.7 Å². The molecule has 0 heterocycles. The van der Waals surface area contributed by atoms with E-state index >= 15 is 0 Å². The fourth-order valence-electron chi connectivity index (χ4n) is 4.72. The van der Waals surface area contributed by atoms with Gasteiger partial charge in [-0.15, -0.1) is 0 Å². The highest BCUT2D eigenvalue weighted by Gasteiger charge is 2.50. The van der Waals surface area contributed by atoms with Gasteiger partial charge in [0.25, 0.3) is 0 Å². The molecule has 1 saturated carbocycles. The van der Waals surface area contributed by atoms with Crippen LogP contribution in [0.3, 0.4) is 0 Å². The first kappa shape index (κ1) is 17.1. The summed E-state index contributed by atoms with van der Waals surface area (Å²) in [6.45, 7) is 2.87. The second kappa shape index (κ2) is 6.45. The summed E-state index contributed by atoms with van der Waals surface area (Å²) < 4.78 is 13.1. The highest BCUT2D eigenvalue weighted by molar-refractivity contribution is 9.10. The van der Waals surface area contributed by atoms with Crippen molar-refractivity contribution in [3.8, 4) is 11.5 Å². The summed E-state index contributed by atoms with van der Waals surface area (Å²) in [5, 5.41) is 20.6. The summed E-state index contributed by atoms with van der Waals surface area (Å²) in [5.41, 5.74) is 2.60. The number of benzene rings is 2. The van der Waals surface area contributed by atoms with Crippen LogP contribution in [0.1, 0.15) is 43.2 Å². The smallest absolute Gasteiger partial charge is 0.131 e. The number of aliphatic hydroxyl groups is 2. The van der Waals surface area contributed by atoms with Crippen LogP contribution in [0.2, 0.25) is 0 Å². The first-order valence-corrected chi connectivity index (χ1v) is 9.65. The average molecular weight is 407 g/mol. The van der Waals surface area contributed by atoms with E-state index in [0.717, 1.165) is 46.0 Å². The molecular weight excluding hydrogens is 384 g/mol. The zero-order valence-corrected chi connectivity index (χ0v) is 15.9. The predicted octanol–water partition coefficient (Wildman–Crippen LogP) is 3.88. The third-order valence-corrected chi connectivity index (χ3v) is 6.13. The van der Waals surface area contributed by atoms with Gasteiger partial charge >= 0.3 is 0 Å². The predicted molar refractivity (Wildman–Crippen MR) is 101 cm³/mol. The SMILES string of the molecule is CC12CCC(C1)c1c2c(OCCO)c2ccc(Br)cc2c1OCCO. The molecule has 0 aliphatic heterocycles. The number of fused-ring (bicyclic) bond motifs is 6. The molecule has 0 saturated heterocycles. The molecule has 2 atom stereocenters. The highest BCUT2D eigenvalue weighted by Crippen LogP contribution is 2.64. The van der Waals surface area contributed by atoms with E-state index in [9.17, 15) is 10.2 Å². The fourth-order valence-corrected chi connectivity index (χ4v) is 5.08. The molecule has 2 bridgehead atoms. The highest BCUT2D eigenvalue weighted by atomic mass is 79.9. The Morgan fingerprint density at radius 2 is 1.84 bits per heavy atom. The van der Waals surface area contributed by atoms with Crippen LogP contribution in [0.5, 0.6) is 11.5 Å². The van der Waals surface area contributed by atoms with Crippen LogP contribution in [0.25, 0.3) is 10.8 Å². The monoisotopic (exact) mass is 406 g/mol. The van der Waals surface area contributed by atoms with Crippen LogP contribution in [-0.2, 0) is 5.41 Å². The van der Waals surface area contributed by atoms with Gasteiger partial charge < -0.3 is 19.7 Å². The number of aliphatic hydroxyl groups excluding tert-OH is 2. The second-order valence-electron chi connectivity index (χ2n) is 7.28. The van der Waals surface area contributed by atoms with Crippen molar-refractivity contribution in [1.29, 1.82) is 0 Å². The molecule has 1 fully saturated rings. The topological polar surface area (TPSA) is 58.9 Å². The van der Waals surface area contributed by atoms with E-state index in [0.29, 0.717) is 5.92 Å². The lowest BCUT2D eigenvalue weighted by Gasteiger charge is -2.30. The maximum Gasteiger partial charge on any atom is 0.131 e. The molecule has 0 spiro atoms. The Kier molecular flexibility index (Phi) is 4.42. The normalized spacial score (nSPS) is 23.9. The third-order valence-electron chi connectivity index (χ3n) is 5.64. The first-order valence-electron chi connectivity index (χ1n) is 8.86. The van der Waals surface area contributed by atoms with Crippen molar-refractivity contribution in [2.45, 2.75) is 37.5 Å². The number of rotatable bonds is 6. The summed E-state index contributed by atoms with van der Waals surface area (Å²) in [7, 11) is 0. The maximum atomic E-state index is 9.27. The maximum absolute atomic E-state index is 9.27. The van der Waals surface area contributed by atoms with Gasteiger partial charge in [-0.1, -0.05) is 22.9 Å². The number of hydrogen-bond acceptors (Lipinski definition) is 4. The summed E-state index contributed by atoms with van der Waals surface area (Å²) in [5.74, 6) is 2.27. The van der Waals surface area contributed by atoms with Crippen LogP contribution < -0.4 is 9.47 Å². The zero-order valence-electron chi connectivity index (χ0n) is 14.3. The quantitative estimate of drug-likeness (QED) is 0.763. The Labute approximate surface area is 155 Å². The van der Waals surface area contributed by atoms with E-state index in [1.165, 1.54) is 11.1 Å². The Bertz CT molecular complexity index is 819. The van der Waals surface area contributed by atoms with Crippen molar-refractivity contribution >= 4 is 26.7 Å². The number of hydrogen-bond donors (Lipinski definition) is 2. The van der Waals surface area contributed by atoms with Gasteiger partial charge in [0, 0.05) is 26.4 Å². The van der Waals surface area contributed by atoms with Gasteiger partial charge in [-0.2, -0.15) is 0 Å². The summed E-state index contributed by atoms with van der Waals surface area (Å²) >= 11 is 3.56. The van der Waals surface area contributed by atoms with E-state index < -0.39 is 0 Å². The van der Waals surface area contributed by atoms with Crippen molar-refractivity contribution in [3.63, 3.8) is 0 Å². The molecule has 0 radical (unpaired) electrons. The summed E-state index contributed by atoms with van der Waals surface area (Å²) in [6, 6.07) is 6.11. The molecule has 2 aromatic rings. The van der Waals surface area contributed by atoms with Gasteiger partial charge in [-0.25, -0.2) is 0 Å². The first-order chi connectivity index (χ1) is 12.1. The Morgan fingerprint density at radius 3 is 2.56 bits per heavy atom. The van der Waals surface area contributed by atoms with E-state index in [2.05, 4.69) is 28.9 Å². The molecule has 4 rings (SSSR count). The lowest BCUT2D eigenvalue weighted by Crippen LogP contribution is -2.19. The van der Waals surface area contributed by atoms with Gasteiger partial charge in [-0.3, -0.25) is 0 Å². The molecule has 25 heavy (non-hydrogen) atoms. The van der Waals surface area contributed by atoms with Gasteiger partial charge in [0.2, 0.25) is 0 Å². The molecule has 134 valence electrons. The molecule has 2 N–H and O–H groups in total. The minimum absolute atomic E-state index is 0.00426. The molecule has 0 amide bonds. The van der Waals surface area contributed by atoms with E-state index in [1.54, 1.807) is 0 Å². The minimum atomic E-state index is -0.00499. The van der Waals surface area contributed by atoms with Gasteiger partial charge in [0.15, 0.2) is 0 Å². The Hall–Kier alpha value is -1.30. The molecule has 0 aromatic heterocycles. The van der Waals surface area contributed by atoms with Crippen molar-refractivity contribution in [2.75, 3.05) is 26.4 Å². The zero-order chi connectivity index (χ0) is 17.6. The lowest BCUT2D eigenvalue weighted by molar-refractivity contribution is 0.197. The lowest BCUT2D eigenvalue weighted by atomic mass is 9.79. The molecule has 2 aromatic carbocycles. The number of ether oxygens (including phenoxy) is 2. The van der Waals surface area contributed by atoms with E-state index in [4.69, 9.17) is 9.47 Å². The van der Waals surface area contributed by atoms with Crippen LogP contribution in [0, 0.1) is 0 Å². The third kappa shape index (κ3) is 2.64. The van der Waals surface area contributed by atoms with Gasteiger partial charge in [0.1, 0.15) is 24.7 Å². The Morgan fingerprint density at radius 1 is 1.12 bits per heavy atom. The largest absolute Gasteiger partial charge is 0.490 e. The van der Waals surface area contributed by atoms with Gasteiger partial charge in [0.05, 0.1) is 13.2 Å². The standard InChI is InChI=1S/C20H23BrO4/c1-20-5-4-12(11-20)16-17(20)19(25-9-7-23)14-3-2-13(21)10-15(14)18(16)24-8-6-22/h2-3,10,12,22-23H,4-9,11H2,1H3. The average Bonchev–Trinajstić information content (AvgIpc) is 3.12. The molecular formula is C20H23BrO4. The molecule has 4 nitrogen and oxygen atoms in total. The summed E-state index contributed by atoms with van der Waals surface area (Å²) in [4.78, 5) is 0. The molecule has 2 aliphatic carbocycles. The van der Waals surface area contributed by atoms with Crippen molar-refractivity contribution in [3.05, 3.63) is 33.8 Å². The van der Waals surface area contributed by atoms with E-state index in [-0.39, 0.29) is 31.8 Å². The van der Waals surface area contributed by atoms with Crippen LogP contribution in [-0.4, -0.2) is 36.6 Å². The summed E-state index contributed by atoms with van der Waals surface area (Å²) in [6.07, 6.45) is 3.43. The number of halogens is 1. The van der Waals surface area contributed by atoms with E-state index in [1.807, 2.05) is 12.1 Å². The molecule has 2 aliphatic rings. The van der Waals surface area contributed by atoms with Crippen molar-refractivity contribution < 1.29 is 19.7 Å². The Balaban J connectivity index is 2.03. The molecule has 5 heteroatoms. The van der Waals surface area contributed by atoms with Gasteiger partial charge in [-0.05, 0) is 48.8 Å². The van der Waals surface area contributed by atoms with Crippen LogP contribution in [0.4, 0.5) is 0 Å². The fraction of sp³-hybridized carbons (Fsp3) is 0.500. The van der Waals surface area contributed by atoms with Crippen LogP contribution >= 0.6 is 15.9 Å². The van der Waals surface area contributed by atoms with Crippen molar-refractivity contribution in [1.82, 2.24) is 0 Å². The van der Waals surface area contributed by atoms with Crippen molar-refractivity contribution in [2.24, 2.45) is 0 Å². The second-order valence-corrected chi connectivity index (χ2v) is 8.20. The minimum Gasteiger partial charge on any atom is -0.490 e. The molecule has 2 unspecified atom stereocenters.